The number of hydrogen-bond donors (Lipinski definition) is 1. The summed E-state index contributed by atoms with van der Waals surface area (Å²) in [6.45, 7) is 8.29. The summed E-state index contributed by atoms with van der Waals surface area (Å²) in [6.07, 6.45) is 3.67. The van der Waals surface area contributed by atoms with Crippen LogP contribution in [0.15, 0.2) is 24.5 Å². The van der Waals surface area contributed by atoms with Crippen LogP contribution in [-0.4, -0.2) is 46.6 Å². The number of nitrogens with one attached hydrogen (secondary N) is 1. The predicted molar refractivity (Wildman–Crippen MR) is 104 cm³/mol. The van der Waals surface area contributed by atoms with Crippen LogP contribution in [0, 0.1) is 20.8 Å². The van der Waals surface area contributed by atoms with Crippen molar-refractivity contribution in [3.8, 4) is 5.75 Å². The summed E-state index contributed by atoms with van der Waals surface area (Å²) in [5.41, 5.74) is 3.32. The summed E-state index contributed by atoms with van der Waals surface area (Å²) < 4.78 is 7.86. The highest BCUT2D eigenvalue weighted by Crippen LogP contribution is 2.25. The van der Waals surface area contributed by atoms with E-state index in [2.05, 4.69) is 29.4 Å². The van der Waals surface area contributed by atoms with Gasteiger partial charge in [-0.1, -0.05) is 17.7 Å². The molecule has 142 valence electrons. The molecule has 1 saturated heterocycles. The molecular weight excluding hydrogens is 352 g/mol. The molecule has 2 heterocycles. The zero-order valence-electron chi connectivity index (χ0n) is 15.8. The molecule has 0 spiro atoms. The van der Waals surface area contributed by atoms with Gasteiger partial charge in [-0.2, -0.15) is 0 Å². The molecule has 1 N–H and O–H groups in total. The highest BCUT2D eigenvalue weighted by atomic mass is 35.5. The minimum Gasteiger partial charge on any atom is -0.483 e. The normalized spacial score (nSPS) is 16.9. The average molecular weight is 379 g/mol. The highest BCUT2D eigenvalue weighted by Gasteiger charge is 2.30. The Bertz CT molecular complexity index is 752. The number of benzene rings is 1. The van der Waals surface area contributed by atoms with E-state index in [4.69, 9.17) is 4.74 Å². The lowest BCUT2D eigenvalue weighted by Gasteiger charge is -2.35. The second-order valence-corrected chi connectivity index (χ2v) is 6.72. The van der Waals surface area contributed by atoms with Gasteiger partial charge in [-0.25, -0.2) is 4.98 Å². The molecule has 1 atom stereocenters. The number of ether oxygens (including phenoxy) is 1. The topological polar surface area (TPSA) is 59.4 Å². The van der Waals surface area contributed by atoms with Crippen molar-refractivity contribution in [1.82, 2.24) is 19.8 Å². The predicted octanol–water partition coefficient (Wildman–Crippen LogP) is 2.32. The Kier molecular flexibility index (Phi) is 6.67. The third kappa shape index (κ3) is 4.19. The molecule has 0 radical (unpaired) electrons. The van der Waals surface area contributed by atoms with Crippen LogP contribution in [0.3, 0.4) is 0 Å². The minimum atomic E-state index is -0.0648. The molecule has 0 saturated carbocycles. The molecule has 7 heteroatoms. The third-order valence-electron chi connectivity index (χ3n) is 4.66. The second-order valence-electron chi connectivity index (χ2n) is 6.72. The summed E-state index contributed by atoms with van der Waals surface area (Å²) in [7, 11) is 1.95. The first-order valence-corrected chi connectivity index (χ1v) is 8.65. The van der Waals surface area contributed by atoms with Crippen LogP contribution in [0.25, 0.3) is 0 Å². The highest BCUT2D eigenvalue weighted by molar-refractivity contribution is 5.85. The van der Waals surface area contributed by atoms with Crippen molar-refractivity contribution in [2.24, 2.45) is 7.05 Å². The van der Waals surface area contributed by atoms with Crippen molar-refractivity contribution in [2.45, 2.75) is 26.8 Å². The van der Waals surface area contributed by atoms with Gasteiger partial charge in [0.15, 0.2) is 6.61 Å². The van der Waals surface area contributed by atoms with Crippen LogP contribution in [0.5, 0.6) is 5.75 Å². The molecule has 1 unspecified atom stereocenters. The number of piperazine rings is 1. The van der Waals surface area contributed by atoms with E-state index in [9.17, 15) is 4.79 Å². The van der Waals surface area contributed by atoms with E-state index in [1.165, 1.54) is 5.56 Å². The minimum absolute atomic E-state index is 0. The zero-order valence-corrected chi connectivity index (χ0v) is 16.6. The number of imidazole rings is 1. The summed E-state index contributed by atoms with van der Waals surface area (Å²) in [5.74, 6) is 1.69. The Morgan fingerprint density at radius 1 is 1.31 bits per heavy atom. The fraction of sp³-hybridized carbons (Fsp3) is 0.474. The van der Waals surface area contributed by atoms with Crippen molar-refractivity contribution >= 4 is 18.3 Å². The van der Waals surface area contributed by atoms with Crippen molar-refractivity contribution in [2.75, 3.05) is 26.2 Å². The van der Waals surface area contributed by atoms with Gasteiger partial charge in [0.05, 0.1) is 0 Å². The number of nitrogens with zero attached hydrogens (tertiary/aromatic N) is 3. The number of carbonyl (C=O) groups excluding carboxylic acids is 1. The summed E-state index contributed by atoms with van der Waals surface area (Å²) in [6, 6.07) is 4.09. The molecule has 3 rings (SSSR count). The Hall–Kier alpha value is -2.05. The van der Waals surface area contributed by atoms with Gasteiger partial charge in [-0.3, -0.25) is 4.79 Å². The third-order valence-corrected chi connectivity index (χ3v) is 4.66. The van der Waals surface area contributed by atoms with Crippen LogP contribution in [0.1, 0.15) is 28.6 Å². The molecule has 0 bridgehead atoms. The number of aryl methyl sites for hydroxylation is 4. The fourth-order valence-corrected chi connectivity index (χ4v) is 3.54. The molecule has 1 aliphatic rings. The molecule has 1 aromatic heterocycles. The maximum Gasteiger partial charge on any atom is 0.261 e. The lowest BCUT2D eigenvalue weighted by atomic mass is 10.1. The molecule has 1 aromatic carbocycles. The quantitative estimate of drug-likeness (QED) is 0.887. The molecule has 26 heavy (non-hydrogen) atoms. The first-order chi connectivity index (χ1) is 12.0. The van der Waals surface area contributed by atoms with Gasteiger partial charge >= 0.3 is 0 Å². The number of amides is 1. The maximum atomic E-state index is 12.8. The van der Waals surface area contributed by atoms with Gasteiger partial charge in [0.25, 0.3) is 5.91 Å². The Morgan fingerprint density at radius 2 is 2.00 bits per heavy atom. The fourth-order valence-electron chi connectivity index (χ4n) is 3.54. The van der Waals surface area contributed by atoms with Gasteiger partial charge in [-0.15, -0.1) is 12.4 Å². The summed E-state index contributed by atoms with van der Waals surface area (Å²) in [5, 5.41) is 3.35. The van der Waals surface area contributed by atoms with E-state index < -0.39 is 0 Å². The van der Waals surface area contributed by atoms with Gasteiger partial charge in [-0.05, 0) is 31.9 Å². The van der Waals surface area contributed by atoms with Crippen molar-refractivity contribution < 1.29 is 9.53 Å². The van der Waals surface area contributed by atoms with Crippen LogP contribution in [-0.2, 0) is 11.8 Å². The van der Waals surface area contributed by atoms with E-state index >= 15 is 0 Å². The Morgan fingerprint density at radius 3 is 2.62 bits per heavy atom. The van der Waals surface area contributed by atoms with Crippen molar-refractivity contribution in [3.05, 3.63) is 47.0 Å². The molecule has 2 aromatic rings. The average Bonchev–Trinajstić information content (AvgIpc) is 2.99. The molecular formula is C19H27ClN4O2. The SMILES string of the molecule is Cc1cc(C)c(OCC(=O)N2CCNCC2c2nccn2C)c(C)c1.Cl. The van der Waals surface area contributed by atoms with Gasteiger partial charge in [0.2, 0.25) is 0 Å². The molecule has 1 amide bonds. The van der Waals surface area contributed by atoms with E-state index in [1.807, 2.05) is 36.6 Å². The number of rotatable bonds is 4. The smallest absolute Gasteiger partial charge is 0.261 e. The number of halogens is 1. The van der Waals surface area contributed by atoms with Crippen LogP contribution in [0.2, 0.25) is 0 Å². The van der Waals surface area contributed by atoms with Crippen molar-refractivity contribution in [3.63, 3.8) is 0 Å². The monoisotopic (exact) mass is 378 g/mol. The number of hydrogen-bond acceptors (Lipinski definition) is 4. The van der Waals surface area contributed by atoms with Crippen LogP contribution in [0.4, 0.5) is 0 Å². The van der Waals surface area contributed by atoms with E-state index in [1.54, 1.807) is 6.20 Å². The first kappa shape index (κ1) is 20.3. The summed E-state index contributed by atoms with van der Waals surface area (Å²) >= 11 is 0. The van der Waals surface area contributed by atoms with Crippen LogP contribution >= 0.6 is 12.4 Å². The first-order valence-electron chi connectivity index (χ1n) is 8.65. The van der Waals surface area contributed by atoms with E-state index in [-0.39, 0.29) is 31.0 Å². The lowest BCUT2D eigenvalue weighted by Crippen LogP contribution is -2.50. The second kappa shape index (κ2) is 8.56. The number of carbonyl (C=O) groups is 1. The van der Waals surface area contributed by atoms with Crippen molar-refractivity contribution in [1.29, 1.82) is 0 Å². The summed E-state index contributed by atoms with van der Waals surface area (Å²) in [4.78, 5) is 19.1. The van der Waals surface area contributed by atoms with E-state index in [0.29, 0.717) is 13.1 Å². The standard InChI is InChI=1S/C19H26N4O2.ClH/c1-13-9-14(2)18(15(3)10-13)25-12-17(24)23-8-5-20-11-16(23)19-21-6-7-22(19)4;/h6-7,9-10,16,20H,5,8,11-12H2,1-4H3;1H. The maximum absolute atomic E-state index is 12.8. The molecule has 0 aliphatic carbocycles. The lowest BCUT2D eigenvalue weighted by molar-refractivity contribution is -0.137. The zero-order chi connectivity index (χ0) is 18.0. The number of aromatic nitrogens is 2. The Balaban J connectivity index is 0.00000243. The largest absolute Gasteiger partial charge is 0.483 e. The van der Waals surface area contributed by atoms with Gasteiger partial charge in [0.1, 0.15) is 17.6 Å². The molecule has 1 aliphatic heterocycles. The molecule has 1 fully saturated rings. The molecule has 6 nitrogen and oxygen atoms in total. The van der Waals surface area contributed by atoms with Gasteiger partial charge < -0.3 is 19.5 Å². The van der Waals surface area contributed by atoms with Crippen LogP contribution < -0.4 is 10.1 Å². The van der Waals surface area contributed by atoms with Gasteiger partial charge in [0, 0.05) is 39.1 Å². The Labute approximate surface area is 161 Å². The van der Waals surface area contributed by atoms with E-state index in [0.717, 1.165) is 29.2 Å².